The lowest BCUT2D eigenvalue weighted by Gasteiger charge is -2.03. The maximum atomic E-state index is 10.1. The summed E-state index contributed by atoms with van der Waals surface area (Å²) < 4.78 is 0.623. The predicted octanol–water partition coefficient (Wildman–Crippen LogP) is 2.38. The molecule has 0 aromatic heterocycles. The van der Waals surface area contributed by atoms with Gasteiger partial charge in [-0.25, -0.2) is 0 Å². The summed E-state index contributed by atoms with van der Waals surface area (Å²) in [5, 5.41) is 11.8. The van der Waals surface area contributed by atoms with E-state index in [1.54, 1.807) is 0 Å². The summed E-state index contributed by atoms with van der Waals surface area (Å²) in [7, 11) is 0. The molecule has 0 aliphatic rings. The van der Waals surface area contributed by atoms with Crippen LogP contribution in [-0.4, -0.2) is 11.5 Å². The lowest BCUT2D eigenvalue weighted by molar-refractivity contribution is -0.105. The number of benzene rings is 1. The molecule has 1 aromatic carbocycles. The molecule has 0 spiro atoms. The van der Waals surface area contributed by atoms with Crippen LogP contribution in [0.15, 0.2) is 16.6 Å². The molecule has 0 bridgehead atoms. The van der Waals surface area contributed by atoms with Crippen molar-refractivity contribution in [3.05, 3.63) is 21.6 Å². The van der Waals surface area contributed by atoms with Crippen molar-refractivity contribution in [2.24, 2.45) is 0 Å². The number of aromatic hydroxyl groups is 1. The minimum atomic E-state index is -0.0655. The molecule has 0 unspecified atom stereocenters. The van der Waals surface area contributed by atoms with Crippen LogP contribution >= 0.6 is 27.5 Å². The third-order valence-electron chi connectivity index (χ3n) is 1.25. The Hall–Kier alpha value is -0.740. The molecule has 0 fully saturated rings. The van der Waals surface area contributed by atoms with E-state index in [9.17, 15) is 4.79 Å². The van der Waals surface area contributed by atoms with Crippen LogP contribution in [0, 0.1) is 0 Å². The number of anilines is 1. The van der Waals surface area contributed by atoms with Crippen LogP contribution in [0.1, 0.15) is 0 Å². The van der Waals surface area contributed by atoms with Crippen molar-refractivity contribution in [2.45, 2.75) is 0 Å². The predicted molar refractivity (Wildman–Crippen MR) is 50.5 cm³/mol. The molecule has 5 heteroatoms. The van der Waals surface area contributed by atoms with Crippen LogP contribution in [0.2, 0.25) is 5.02 Å². The average Bonchev–Trinajstić information content (AvgIpc) is 2.01. The van der Waals surface area contributed by atoms with Gasteiger partial charge in [-0.1, -0.05) is 11.6 Å². The molecular weight excluding hydrogens is 245 g/mol. The first-order chi connectivity index (χ1) is 5.65. The van der Waals surface area contributed by atoms with Gasteiger partial charge in [0, 0.05) is 10.5 Å². The minimum Gasteiger partial charge on any atom is -0.506 e. The van der Waals surface area contributed by atoms with Crippen molar-refractivity contribution in [1.82, 2.24) is 0 Å². The van der Waals surface area contributed by atoms with Crippen LogP contribution in [0.3, 0.4) is 0 Å². The maximum absolute atomic E-state index is 10.1. The van der Waals surface area contributed by atoms with E-state index in [1.165, 1.54) is 12.1 Å². The topological polar surface area (TPSA) is 49.3 Å². The van der Waals surface area contributed by atoms with Gasteiger partial charge in [-0.05, 0) is 22.0 Å². The van der Waals surface area contributed by atoms with E-state index in [1.807, 2.05) is 0 Å². The molecule has 3 nitrogen and oxygen atoms in total. The van der Waals surface area contributed by atoms with E-state index in [2.05, 4.69) is 21.2 Å². The Morgan fingerprint density at radius 3 is 2.83 bits per heavy atom. The van der Waals surface area contributed by atoms with Gasteiger partial charge in [0.1, 0.15) is 5.75 Å². The largest absolute Gasteiger partial charge is 0.506 e. The van der Waals surface area contributed by atoms with E-state index >= 15 is 0 Å². The zero-order valence-electron chi connectivity index (χ0n) is 5.84. The molecule has 0 radical (unpaired) electrons. The number of amides is 1. The first kappa shape index (κ1) is 9.35. The van der Waals surface area contributed by atoms with Crippen LogP contribution in [0.4, 0.5) is 5.69 Å². The highest BCUT2D eigenvalue weighted by Gasteiger charge is 2.04. The number of rotatable bonds is 2. The van der Waals surface area contributed by atoms with Gasteiger partial charge in [-0.15, -0.1) is 0 Å². The van der Waals surface area contributed by atoms with Crippen LogP contribution in [0.5, 0.6) is 5.75 Å². The molecule has 12 heavy (non-hydrogen) atoms. The van der Waals surface area contributed by atoms with E-state index in [-0.39, 0.29) is 10.8 Å². The first-order valence-corrected chi connectivity index (χ1v) is 4.20. The Morgan fingerprint density at radius 2 is 2.25 bits per heavy atom. The third kappa shape index (κ3) is 1.89. The number of hydrogen-bond donors (Lipinski definition) is 2. The summed E-state index contributed by atoms with van der Waals surface area (Å²) in [5.41, 5.74) is 0.479. The highest BCUT2D eigenvalue weighted by Crippen LogP contribution is 2.32. The molecule has 2 N–H and O–H groups in total. The van der Waals surface area contributed by atoms with Gasteiger partial charge in [0.15, 0.2) is 0 Å². The zero-order valence-corrected chi connectivity index (χ0v) is 8.19. The van der Waals surface area contributed by atoms with Gasteiger partial charge in [-0.3, -0.25) is 4.79 Å². The van der Waals surface area contributed by atoms with Gasteiger partial charge in [0.05, 0.1) is 10.7 Å². The van der Waals surface area contributed by atoms with E-state index < -0.39 is 0 Å². The van der Waals surface area contributed by atoms with Gasteiger partial charge in [-0.2, -0.15) is 0 Å². The molecule has 0 saturated carbocycles. The fraction of sp³-hybridized carbons (Fsp3) is 0. The highest BCUT2D eigenvalue weighted by atomic mass is 79.9. The fourth-order valence-corrected chi connectivity index (χ4v) is 1.46. The monoisotopic (exact) mass is 249 g/mol. The number of nitrogens with one attached hydrogen (secondary N) is 1. The molecule has 0 atom stereocenters. The minimum absolute atomic E-state index is 0.0655. The van der Waals surface area contributed by atoms with Gasteiger partial charge < -0.3 is 10.4 Å². The van der Waals surface area contributed by atoms with Gasteiger partial charge in [0.2, 0.25) is 6.41 Å². The summed E-state index contributed by atoms with van der Waals surface area (Å²) in [6.07, 6.45) is 0.521. The Kier molecular flexibility index (Phi) is 2.94. The van der Waals surface area contributed by atoms with Gasteiger partial charge >= 0.3 is 0 Å². The summed E-state index contributed by atoms with van der Waals surface area (Å²) in [5.74, 6) is -0.0655. The Balaban J connectivity index is 3.13. The standard InChI is InChI=1S/C7H5BrClNO2/c8-4-1-5(9)7(12)2-6(4)10-3-11/h1-3,12H,(H,10,11). The SMILES string of the molecule is O=CNc1cc(O)c(Cl)cc1Br. The lowest BCUT2D eigenvalue weighted by atomic mass is 10.3. The Morgan fingerprint density at radius 1 is 1.58 bits per heavy atom. The van der Waals surface area contributed by atoms with Crippen molar-refractivity contribution in [1.29, 1.82) is 0 Å². The first-order valence-electron chi connectivity index (χ1n) is 3.03. The number of phenols is 1. The average molecular weight is 250 g/mol. The molecule has 0 aliphatic heterocycles. The highest BCUT2D eigenvalue weighted by molar-refractivity contribution is 9.10. The zero-order chi connectivity index (χ0) is 9.14. The van der Waals surface area contributed by atoms with Gasteiger partial charge in [0.25, 0.3) is 0 Å². The summed E-state index contributed by atoms with van der Waals surface area (Å²) in [4.78, 5) is 10.1. The van der Waals surface area contributed by atoms with Crippen molar-refractivity contribution >= 4 is 39.6 Å². The van der Waals surface area contributed by atoms with Crippen molar-refractivity contribution < 1.29 is 9.90 Å². The Bertz CT molecular complexity index is 317. The Labute approximate surface area is 82.5 Å². The van der Waals surface area contributed by atoms with Crippen LogP contribution in [0.25, 0.3) is 0 Å². The molecule has 1 amide bonds. The van der Waals surface area contributed by atoms with Crippen LogP contribution in [-0.2, 0) is 4.79 Å². The van der Waals surface area contributed by atoms with E-state index in [4.69, 9.17) is 16.7 Å². The molecule has 0 aliphatic carbocycles. The summed E-state index contributed by atoms with van der Waals surface area (Å²) in [6.45, 7) is 0. The number of carbonyl (C=O) groups is 1. The summed E-state index contributed by atoms with van der Waals surface area (Å²) in [6, 6.07) is 2.86. The van der Waals surface area contributed by atoms with Crippen LogP contribution < -0.4 is 5.32 Å². The molecule has 1 aromatic rings. The lowest BCUT2D eigenvalue weighted by Crippen LogP contribution is -1.94. The molecule has 0 heterocycles. The maximum Gasteiger partial charge on any atom is 0.211 e. The second kappa shape index (κ2) is 3.78. The van der Waals surface area contributed by atoms with Crippen molar-refractivity contribution in [3.63, 3.8) is 0 Å². The molecule has 0 saturated heterocycles. The molecule has 64 valence electrons. The fourth-order valence-electron chi connectivity index (χ4n) is 0.712. The van der Waals surface area contributed by atoms with Crippen molar-refractivity contribution in [2.75, 3.05) is 5.32 Å². The number of hydrogen-bond acceptors (Lipinski definition) is 2. The van der Waals surface area contributed by atoms with E-state index in [0.29, 0.717) is 16.6 Å². The second-order valence-corrected chi connectivity index (χ2v) is 3.31. The van der Waals surface area contributed by atoms with Crippen molar-refractivity contribution in [3.8, 4) is 5.75 Å². The quantitative estimate of drug-likeness (QED) is 0.792. The number of phenolic OH excluding ortho intramolecular Hbond substituents is 1. The third-order valence-corrected chi connectivity index (χ3v) is 2.21. The van der Waals surface area contributed by atoms with E-state index in [0.717, 1.165) is 0 Å². The molecular formula is C7H5BrClNO2. The normalized spacial score (nSPS) is 9.50. The number of carbonyl (C=O) groups excluding carboxylic acids is 1. The smallest absolute Gasteiger partial charge is 0.211 e. The second-order valence-electron chi connectivity index (χ2n) is 2.05. The summed E-state index contributed by atoms with van der Waals surface area (Å²) >= 11 is 8.76. The number of halogens is 2. The molecule has 1 rings (SSSR count).